The summed E-state index contributed by atoms with van der Waals surface area (Å²) in [5.74, 6) is 0.662. The van der Waals surface area contributed by atoms with Crippen LogP contribution in [0.4, 0.5) is 0 Å². The highest BCUT2D eigenvalue weighted by molar-refractivity contribution is 5.88. The lowest BCUT2D eigenvalue weighted by atomic mass is 10.0. The van der Waals surface area contributed by atoms with Crippen LogP contribution in [-0.2, 0) is 22.6 Å². The molecule has 3 rings (SSSR count). The Hall–Kier alpha value is -2.82. The molecule has 1 atom stereocenters. The number of nitrogens with zero attached hydrogens (tertiary/aromatic N) is 1. The average molecular weight is 437 g/mol. The van der Waals surface area contributed by atoms with Gasteiger partial charge in [-0.3, -0.25) is 9.59 Å². The number of benzene rings is 2. The Morgan fingerprint density at radius 3 is 2.38 bits per heavy atom. The van der Waals surface area contributed by atoms with E-state index >= 15 is 0 Å². The van der Waals surface area contributed by atoms with Crippen molar-refractivity contribution in [2.75, 3.05) is 7.11 Å². The number of carbonyl (C=O) groups excluding carboxylic acids is 2. The van der Waals surface area contributed by atoms with E-state index < -0.39 is 6.04 Å². The molecule has 0 spiro atoms. The molecule has 1 saturated carbocycles. The van der Waals surface area contributed by atoms with E-state index in [1.807, 2.05) is 57.2 Å². The monoisotopic (exact) mass is 436 g/mol. The maximum Gasteiger partial charge on any atom is 0.243 e. The predicted molar refractivity (Wildman–Crippen MR) is 128 cm³/mol. The fraction of sp³-hybridized carbons (Fsp3) is 0.481. The van der Waals surface area contributed by atoms with Crippen LogP contribution in [0.2, 0.25) is 0 Å². The fourth-order valence-corrected chi connectivity index (χ4v) is 4.70. The summed E-state index contributed by atoms with van der Waals surface area (Å²) >= 11 is 0. The van der Waals surface area contributed by atoms with Gasteiger partial charge in [-0.05, 0) is 56.4 Å². The Labute approximate surface area is 192 Å². The van der Waals surface area contributed by atoms with Crippen molar-refractivity contribution < 1.29 is 14.3 Å². The highest BCUT2D eigenvalue weighted by Gasteiger charge is 2.30. The lowest BCUT2D eigenvalue weighted by Gasteiger charge is -2.31. The molecular weight excluding hydrogens is 400 g/mol. The van der Waals surface area contributed by atoms with Gasteiger partial charge in [0.05, 0.1) is 13.5 Å². The van der Waals surface area contributed by atoms with Crippen molar-refractivity contribution >= 4 is 11.8 Å². The van der Waals surface area contributed by atoms with Crippen molar-refractivity contribution in [3.63, 3.8) is 0 Å². The molecule has 0 aliphatic heterocycles. The van der Waals surface area contributed by atoms with Crippen LogP contribution < -0.4 is 10.1 Å². The number of aryl methyl sites for hydroxylation is 2. The SMILES string of the molecule is CCC(C(=O)NC1CCCC1)N(Cc1cccc(OC)c1)C(=O)Cc1cc(C)cc(C)c1. The first kappa shape index (κ1) is 23.8. The van der Waals surface area contributed by atoms with Gasteiger partial charge >= 0.3 is 0 Å². The Morgan fingerprint density at radius 2 is 1.75 bits per heavy atom. The third kappa shape index (κ3) is 6.35. The van der Waals surface area contributed by atoms with Gasteiger partial charge in [-0.1, -0.05) is 61.2 Å². The Morgan fingerprint density at radius 1 is 1.06 bits per heavy atom. The highest BCUT2D eigenvalue weighted by Crippen LogP contribution is 2.21. The molecule has 2 aromatic carbocycles. The lowest BCUT2D eigenvalue weighted by molar-refractivity contribution is -0.141. The van der Waals surface area contributed by atoms with Crippen LogP contribution in [0.5, 0.6) is 5.75 Å². The summed E-state index contributed by atoms with van der Waals surface area (Å²) in [6.07, 6.45) is 5.20. The number of ether oxygens (including phenoxy) is 1. The van der Waals surface area contributed by atoms with Crippen LogP contribution in [0.25, 0.3) is 0 Å². The van der Waals surface area contributed by atoms with Crippen molar-refractivity contribution in [1.29, 1.82) is 0 Å². The standard InChI is InChI=1S/C27H36N2O3/c1-5-25(27(31)28-23-10-6-7-11-23)29(18-21-9-8-12-24(16-21)32-4)26(30)17-22-14-19(2)13-20(3)15-22/h8-9,12-16,23,25H,5-7,10-11,17-18H2,1-4H3,(H,28,31). The largest absolute Gasteiger partial charge is 0.497 e. The van der Waals surface area contributed by atoms with Gasteiger partial charge in [-0.25, -0.2) is 0 Å². The first-order chi connectivity index (χ1) is 15.4. The maximum atomic E-state index is 13.6. The van der Waals surface area contributed by atoms with E-state index in [0.717, 1.165) is 53.7 Å². The fourth-order valence-electron chi connectivity index (χ4n) is 4.70. The van der Waals surface area contributed by atoms with Gasteiger partial charge in [0.1, 0.15) is 11.8 Å². The quantitative estimate of drug-likeness (QED) is 0.619. The summed E-state index contributed by atoms with van der Waals surface area (Å²) in [6.45, 7) is 6.43. The van der Waals surface area contributed by atoms with Crippen LogP contribution >= 0.6 is 0 Å². The number of rotatable bonds is 9. The van der Waals surface area contributed by atoms with E-state index in [1.54, 1.807) is 12.0 Å². The molecule has 1 fully saturated rings. The molecule has 0 radical (unpaired) electrons. The van der Waals surface area contributed by atoms with Gasteiger partial charge in [0.15, 0.2) is 0 Å². The zero-order valence-electron chi connectivity index (χ0n) is 19.8. The molecule has 5 nitrogen and oxygen atoms in total. The van der Waals surface area contributed by atoms with Crippen LogP contribution in [-0.4, -0.2) is 35.9 Å². The van der Waals surface area contributed by atoms with Crippen molar-refractivity contribution in [2.24, 2.45) is 0 Å². The molecule has 1 unspecified atom stereocenters. The highest BCUT2D eigenvalue weighted by atomic mass is 16.5. The van der Waals surface area contributed by atoms with E-state index in [9.17, 15) is 9.59 Å². The van der Waals surface area contributed by atoms with Crippen molar-refractivity contribution in [3.8, 4) is 5.75 Å². The number of carbonyl (C=O) groups is 2. The average Bonchev–Trinajstić information content (AvgIpc) is 3.26. The van der Waals surface area contributed by atoms with E-state index in [-0.39, 0.29) is 24.3 Å². The number of hydrogen-bond acceptors (Lipinski definition) is 3. The minimum absolute atomic E-state index is 0.0359. The topological polar surface area (TPSA) is 58.6 Å². The molecule has 1 aliphatic rings. The normalized spacial score (nSPS) is 14.8. The lowest BCUT2D eigenvalue weighted by Crippen LogP contribution is -2.51. The number of methoxy groups -OCH3 is 1. The second-order valence-electron chi connectivity index (χ2n) is 8.96. The molecule has 0 bridgehead atoms. The summed E-state index contributed by atoms with van der Waals surface area (Å²) in [6, 6.07) is 13.6. The van der Waals surface area contributed by atoms with Gasteiger partial charge in [0, 0.05) is 12.6 Å². The van der Waals surface area contributed by atoms with Gasteiger partial charge in [0.2, 0.25) is 11.8 Å². The zero-order chi connectivity index (χ0) is 23.1. The van der Waals surface area contributed by atoms with E-state index in [0.29, 0.717) is 13.0 Å². The Balaban J connectivity index is 1.85. The first-order valence-corrected chi connectivity index (χ1v) is 11.7. The van der Waals surface area contributed by atoms with Gasteiger partial charge in [-0.2, -0.15) is 0 Å². The van der Waals surface area contributed by atoms with Crippen LogP contribution in [0.1, 0.15) is 61.3 Å². The summed E-state index contributed by atoms with van der Waals surface area (Å²) in [7, 11) is 1.63. The molecule has 1 aliphatic carbocycles. The molecule has 0 saturated heterocycles. The summed E-state index contributed by atoms with van der Waals surface area (Å²) < 4.78 is 5.36. The van der Waals surface area contributed by atoms with Crippen LogP contribution in [0.15, 0.2) is 42.5 Å². The Bertz CT molecular complexity index is 914. The van der Waals surface area contributed by atoms with E-state index in [2.05, 4.69) is 11.4 Å². The summed E-state index contributed by atoms with van der Waals surface area (Å²) in [5.41, 5.74) is 4.20. The van der Waals surface area contributed by atoms with Crippen molar-refractivity contribution in [1.82, 2.24) is 10.2 Å². The number of nitrogens with one attached hydrogen (secondary N) is 1. The molecular formula is C27H36N2O3. The van der Waals surface area contributed by atoms with Gasteiger partial charge < -0.3 is 15.0 Å². The molecule has 5 heteroatoms. The zero-order valence-corrected chi connectivity index (χ0v) is 19.8. The van der Waals surface area contributed by atoms with Crippen molar-refractivity contribution in [2.45, 2.75) is 77.9 Å². The second kappa shape index (κ2) is 11.2. The minimum atomic E-state index is -0.500. The summed E-state index contributed by atoms with van der Waals surface area (Å²) in [4.78, 5) is 28.5. The molecule has 2 amide bonds. The third-order valence-electron chi connectivity index (χ3n) is 6.21. The smallest absolute Gasteiger partial charge is 0.243 e. The van der Waals surface area contributed by atoms with Crippen LogP contribution in [0.3, 0.4) is 0 Å². The maximum absolute atomic E-state index is 13.6. The molecule has 1 N–H and O–H groups in total. The predicted octanol–water partition coefficient (Wildman–Crippen LogP) is 4.72. The number of amides is 2. The van der Waals surface area contributed by atoms with E-state index in [1.165, 1.54) is 0 Å². The molecule has 2 aromatic rings. The summed E-state index contributed by atoms with van der Waals surface area (Å²) in [5, 5.41) is 3.20. The number of hydrogen-bond donors (Lipinski definition) is 1. The Kier molecular flexibility index (Phi) is 8.32. The van der Waals surface area contributed by atoms with Crippen molar-refractivity contribution in [3.05, 3.63) is 64.7 Å². The van der Waals surface area contributed by atoms with E-state index in [4.69, 9.17) is 4.74 Å². The van der Waals surface area contributed by atoms with Gasteiger partial charge in [0.25, 0.3) is 0 Å². The minimum Gasteiger partial charge on any atom is -0.497 e. The molecule has 172 valence electrons. The molecule has 32 heavy (non-hydrogen) atoms. The van der Waals surface area contributed by atoms with Gasteiger partial charge in [-0.15, -0.1) is 0 Å². The van der Waals surface area contributed by atoms with Crippen LogP contribution in [0, 0.1) is 13.8 Å². The molecule has 0 aromatic heterocycles. The first-order valence-electron chi connectivity index (χ1n) is 11.7. The molecule has 0 heterocycles. The second-order valence-corrected chi connectivity index (χ2v) is 8.96. The third-order valence-corrected chi connectivity index (χ3v) is 6.21.